The zero-order chi connectivity index (χ0) is 16.0. The molecular weight excluding hydrogens is 274 g/mol. The van der Waals surface area contributed by atoms with Crippen molar-refractivity contribution in [3.63, 3.8) is 0 Å². The number of carbonyl (C=O) groups is 3. The van der Waals surface area contributed by atoms with E-state index < -0.39 is 24.0 Å². The van der Waals surface area contributed by atoms with E-state index in [1.165, 1.54) is 13.0 Å². The van der Waals surface area contributed by atoms with Crippen molar-refractivity contribution in [2.24, 2.45) is 0 Å². The van der Waals surface area contributed by atoms with Gasteiger partial charge in [-0.25, -0.2) is 9.59 Å². The van der Waals surface area contributed by atoms with Crippen molar-refractivity contribution in [2.75, 3.05) is 12.3 Å². The van der Waals surface area contributed by atoms with Gasteiger partial charge in [0.2, 0.25) is 0 Å². The number of urea groups is 1. The molecule has 0 bridgehead atoms. The Balaban J connectivity index is 2.65. The number of hydrogen-bond acceptors (Lipinski definition) is 5. The second-order valence-corrected chi connectivity index (χ2v) is 4.53. The summed E-state index contributed by atoms with van der Waals surface area (Å²) in [4.78, 5) is 34.8. The predicted octanol–water partition coefficient (Wildman–Crippen LogP) is 0.968. The molecule has 1 unspecified atom stereocenters. The highest BCUT2D eigenvalue weighted by Crippen LogP contribution is 2.13. The molecule has 21 heavy (non-hydrogen) atoms. The molecule has 0 heterocycles. The standard InChI is InChI=1S/C14H19N3O4/c1-4-16-14(20)17-12(18)9(3)21-13(19)10-5-8(2)6-11(15)7-10/h5-7,9H,4,15H2,1-3H3,(H2,16,17,18,20). The molecule has 114 valence electrons. The zero-order valence-corrected chi connectivity index (χ0v) is 12.2. The third-order valence-electron chi connectivity index (χ3n) is 2.56. The first-order chi connectivity index (χ1) is 9.83. The largest absolute Gasteiger partial charge is 0.449 e. The van der Waals surface area contributed by atoms with E-state index in [-0.39, 0.29) is 5.56 Å². The highest BCUT2D eigenvalue weighted by Gasteiger charge is 2.20. The fourth-order valence-corrected chi connectivity index (χ4v) is 1.63. The van der Waals surface area contributed by atoms with Crippen molar-refractivity contribution in [3.8, 4) is 0 Å². The van der Waals surface area contributed by atoms with E-state index >= 15 is 0 Å². The van der Waals surface area contributed by atoms with Gasteiger partial charge in [-0.3, -0.25) is 10.1 Å². The van der Waals surface area contributed by atoms with E-state index in [1.807, 2.05) is 0 Å². The number of benzene rings is 1. The number of imide groups is 1. The Kier molecular flexibility index (Phi) is 5.71. The number of ether oxygens (including phenoxy) is 1. The number of hydrogen-bond donors (Lipinski definition) is 3. The summed E-state index contributed by atoms with van der Waals surface area (Å²) in [7, 11) is 0. The summed E-state index contributed by atoms with van der Waals surface area (Å²) in [6.07, 6.45) is -1.10. The first-order valence-electron chi connectivity index (χ1n) is 6.50. The maximum atomic E-state index is 11.9. The van der Waals surface area contributed by atoms with Crippen LogP contribution in [0, 0.1) is 6.92 Å². The van der Waals surface area contributed by atoms with Crippen molar-refractivity contribution in [1.82, 2.24) is 10.6 Å². The summed E-state index contributed by atoms with van der Waals surface area (Å²) < 4.78 is 5.00. The van der Waals surface area contributed by atoms with Crippen molar-refractivity contribution in [2.45, 2.75) is 26.9 Å². The van der Waals surface area contributed by atoms with Gasteiger partial charge < -0.3 is 15.8 Å². The fourth-order valence-electron chi connectivity index (χ4n) is 1.63. The van der Waals surface area contributed by atoms with Crippen LogP contribution < -0.4 is 16.4 Å². The molecule has 0 spiro atoms. The van der Waals surface area contributed by atoms with Gasteiger partial charge in [0.15, 0.2) is 6.10 Å². The first-order valence-corrected chi connectivity index (χ1v) is 6.50. The summed E-state index contributed by atoms with van der Waals surface area (Å²) in [5.41, 5.74) is 7.14. The molecule has 0 radical (unpaired) electrons. The van der Waals surface area contributed by atoms with Crippen LogP contribution in [0.1, 0.15) is 29.8 Å². The van der Waals surface area contributed by atoms with Crippen molar-refractivity contribution >= 4 is 23.6 Å². The maximum absolute atomic E-state index is 11.9. The Morgan fingerprint density at radius 2 is 1.95 bits per heavy atom. The topological polar surface area (TPSA) is 111 Å². The van der Waals surface area contributed by atoms with Gasteiger partial charge in [-0.05, 0) is 44.5 Å². The third kappa shape index (κ3) is 5.13. The Morgan fingerprint density at radius 1 is 1.29 bits per heavy atom. The Bertz CT molecular complexity index is 537. The highest BCUT2D eigenvalue weighted by atomic mass is 16.5. The van der Waals surface area contributed by atoms with Gasteiger partial charge in [-0.2, -0.15) is 0 Å². The molecule has 1 atom stereocenters. The minimum Gasteiger partial charge on any atom is -0.449 e. The normalized spacial score (nSPS) is 11.4. The fraction of sp³-hybridized carbons (Fsp3) is 0.357. The van der Waals surface area contributed by atoms with E-state index in [0.717, 1.165) is 5.56 Å². The molecule has 1 aromatic carbocycles. The summed E-state index contributed by atoms with van der Waals surface area (Å²) in [5.74, 6) is -1.38. The van der Waals surface area contributed by atoms with Gasteiger partial charge in [0, 0.05) is 12.2 Å². The van der Waals surface area contributed by atoms with Gasteiger partial charge in [0.05, 0.1) is 5.56 Å². The summed E-state index contributed by atoms with van der Waals surface area (Å²) >= 11 is 0. The number of amides is 3. The summed E-state index contributed by atoms with van der Waals surface area (Å²) in [5, 5.41) is 4.47. The van der Waals surface area contributed by atoms with Crippen LogP contribution in [0.15, 0.2) is 18.2 Å². The lowest BCUT2D eigenvalue weighted by Crippen LogP contribution is -2.44. The number of nitrogens with two attached hydrogens (primary N) is 1. The van der Waals surface area contributed by atoms with Gasteiger partial charge in [0.1, 0.15) is 0 Å². The van der Waals surface area contributed by atoms with E-state index in [2.05, 4.69) is 10.6 Å². The molecule has 0 aliphatic rings. The van der Waals surface area contributed by atoms with E-state index in [9.17, 15) is 14.4 Å². The maximum Gasteiger partial charge on any atom is 0.338 e. The van der Waals surface area contributed by atoms with E-state index in [1.54, 1.807) is 26.0 Å². The van der Waals surface area contributed by atoms with Gasteiger partial charge in [0.25, 0.3) is 5.91 Å². The van der Waals surface area contributed by atoms with E-state index in [0.29, 0.717) is 12.2 Å². The average Bonchev–Trinajstić information content (AvgIpc) is 2.37. The van der Waals surface area contributed by atoms with Crippen LogP contribution in [-0.4, -0.2) is 30.6 Å². The van der Waals surface area contributed by atoms with E-state index in [4.69, 9.17) is 10.5 Å². The minimum atomic E-state index is -1.10. The lowest BCUT2D eigenvalue weighted by molar-refractivity contribution is -0.127. The molecule has 0 fully saturated rings. The SMILES string of the molecule is CCNC(=O)NC(=O)C(C)OC(=O)c1cc(C)cc(N)c1. The number of anilines is 1. The van der Waals surface area contributed by atoms with Crippen LogP contribution in [0.3, 0.4) is 0 Å². The Hall–Kier alpha value is -2.57. The molecule has 7 heteroatoms. The Labute approximate surface area is 122 Å². The lowest BCUT2D eigenvalue weighted by atomic mass is 10.1. The molecule has 0 saturated heterocycles. The van der Waals surface area contributed by atoms with Gasteiger partial charge in [-0.15, -0.1) is 0 Å². The Morgan fingerprint density at radius 3 is 2.52 bits per heavy atom. The van der Waals surface area contributed by atoms with Gasteiger partial charge in [-0.1, -0.05) is 0 Å². The van der Waals surface area contributed by atoms with Crippen LogP contribution >= 0.6 is 0 Å². The molecule has 0 saturated carbocycles. The number of aryl methyl sites for hydroxylation is 1. The minimum absolute atomic E-state index is 0.255. The van der Waals surface area contributed by atoms with Crippen LogP contribution in [0.5, 0.6) is 0 Å². The molecule has 0 aliphatic heterocycles. The number of esters is 1. The van der Waals surface area contributed by atoms with Gasteiger partial charge >= 0.3 is 12.0 Å². The molecule has 3 amide bonds. The molecule has 4 N–H and O–H groups in total. The van der Waals surface area contributed by atoms with Crippen LogP contribution in [0.2, 0.25) is 0 Å². The molecule has 7 nitrogen and oxygen atoms in total. The van der Waals surface area contributed by atoms with Crippen LogP contribution in [0.4, 0.5) is 10.5 Å². The van der Waals surface area contributed by atoms with Crippen molar-refractivity contribution < 1.29 is 19.1 Å². The predicted molar refractivity (Wildman–Crippen MR) is 77.7 cm³/mol. The highest BCUT2D eigenvalue weighted by molar-refractivity contribution is 5.98. The van der Waals surface area contributed by atoms with Crippen LogP contribution in [-0.2, 0) is 9.53 Å². The number of carbonyl (C=O) groups excluding carboxylic acids is 3. The molecule has 0 aliphatic carbocycles. The number of nitrogen functional groups attached to an aromatic ring is 1. The van der Waals surface area contributed by atoms with Crippen molar-refractivity contribution in [1.29, 1.82) is 0 Å². The van der Waals surface area contributed by atoms with Crippen LogP contribution in [0.25, 0.3) is 0 Å². The number of rotatable bonds is 4. The average molecular weight is 293 g/mol. The lowest BCUT2D eigenvalue weighted by Gasteiger charge is -2.13. The number of nitrogens with one attached hydrogen (secondary N) is 2. The molecule has 0 aromatic heterocycles. The molecule has 1 aromatic rings. The second kappa shape index (κ2) is 7.28. The summed E-state index contributed by atoms with van der Waals surface area (Å²) in [6.45, 7) is 5.27. The monoisotopic (exact) mass is 293 g/mol. The molecular formula is C14H19N3O4. The third-order valence-corrected chi connectivity index (χ3v) is 2.56. The zero-order valence-electron chi connectivity index (χ0n) is 12.2. The molecule has 1 rings (SSSR count). The quantitative estimate of drug-likeness (QED) is 0.566. The second-order valence-electron chi connectivity index (χ2n) is 4.53. The van der Waals surface area contributed by atoms with Crippen molar-refractivity contribution in [3.05, 3.63) is 29.3 Å². The summed E-state index contributed by atoms with van der Waals surface area (Å²) in [6, 6.07) is 4.14. The smallest absolute Gasteiger partial charge is 0.338 e. The first kappa shape index (κ1) is 16.5.